The van der Waals surface area contributed by atoms with Crippen LogP contribution < -0.4 is 10.6 Å². The fourth-order valence-corrected chi connectivity index (χ4v) is 2.76. The average molecular weight is 375 g/mol. The van der Waals surface area contributed by atoms with Gasteiger partial charge in [0.15, 0.2) is 0 Å². The number of rotatable bonds is 5. The normalized spacial score (nSPS) is 10.2. The molecule has 0 aliphatic rings. The molecule has 23 heavy (non-hydrogen) atoms. The molecule has 0 unspecified atom stereocenters. The van der Waals surface area contributed by atoms with E-state index in [-0.39, 0.29) is 24.8 Å². The predicted molar refractivity (Wildman–Crippen MR) is 95.4 cm³/mol. The van der Waals surface area contributed by atoms with Gasteiger partial charge in [0.25, 0.3) is 0 Å². The lowest BCUT2D eigenvalue weighted by Crippen LogP contribution is -2.33. The first-order valence-corrected chi connectivity index (χ1v) is 8.11. The zero-order chi connectivity index (χ0) is 16.8. The lowest BCUT2D eigenvalue weighted by atomic mass is 10.1. The molecular weight excluding hydrogens is 356 g/mol. The summed E-state index contributed by atoms with van der Waals surface area (Å²) in [5.41, 5.74) is 3.83. The maximum atomic E-state index is 11.9. The minimum atomic E-state index is -0.257. The van der Waals surface area contributed by atoms with Gasteiger partial charge in [0.2, 0.25) is 11.8 Å². The number of carbonyl (C=O) groups is 2. The topological polar surface area (TPSA) is 58.2 Å². The summed E-state index contributed by atoms with van der Waals surface area (Å²) in [6.45, 7) is 3.90. The van der Waals surface area contributed by atoms with E-state index in [1.54, 1.807) is 0 Å². The smallest absolute Gasteiger partial charge is 0.243 e. The SMILES string of the molecule is Cc1cccc(CC(=O)NCC(=O)Nc2ccc(C)cc2Br)c1. The van der Waals surface area contributed by atoms with Crippen LogP contribution in [0.5, 0.6) is 0 Å². The molecule has 0 aliphatic carbocycles. The molecular formula is C18H19BrN2O2. The molecule has 0 saturated carbocycles. The molecule has 5 heteroatoms. The second kappa shape index (κ2) is 7.92. The van der Waals surface area contributed by atoms with Gasteiger partial charge in [0, 0.05) is 4.47 Å². The quantitative estimate of drug-likeness (QED) is 0.842. The summed E-state index contributed by atoms with van der Waals surface area (Å²) in [7, 11) is 0. The van der Waals surface area contributed by atoms with Crippen molar-refractivity contribution in [2.24, 2.45) is 0 Å². The largest absolute Gasteiger partial charge is 0.347 e. The maximum absolute atomic E-state index is 11.9. The van der Waals surface area contributed by atoms with Crippen molar-refractivity contribution in [1.82, 2.24) is 5.32 Å². The molecule has 120 valence electrons. The van der Waals surface area contributed by atoms with Gasteiger partial charge in [-0.05, 0) is 53.0 Å². The number of hydrogen-bond acceptors (Lipinski definition) is 2. The molecule has 0 bridgehead atoms. The van der Waals surface area contributed by atoms with Crippen molar-refractivity contribution in [3.63, 3.8) is 0 Å². The van der Waals surface area contributed by atoms with Crippen LogP contribution in [0.25, 0.3) is 0 Å². The van der Waals surface area contributed by atoms with Gasteiger partial charge in [0.1, 0.15) is 0 Å². The van der Waals surface area contributed by atoms with Crippen molar-refractivity contribution in [1.29, 1.82) is 0 Å². The van der Waals surface area contributed by atoms with E-state index in [1.807, 2.05) is 56.3 Å². The number of anilines is 1. The predicted octanol–water partition coefficient (Wildman–Crippen LogP) is 3.36. The van der Waals surface area contributed by atoms with Crippen LogP contribution in [0.15, 0.2) is 46.9 Å². The molecule has 2 aromatic carbocycles. The molecule has 0 heterocycles. The number of aryl methyl sites for hydroxylation is 2. The molecule has 0 atom stereocenters. The Bertz CT molecular complexity index is 729. The standard InChI is InChI=1S/C18H19BrN2O2/c1-12-4-3-5-14(8-12)10-17(22)20-11-18(23)21-16-7-6-13(2)9-15(16)19/h3-9H,10-11H2,1-2H3,(H,20,22)(H,21,23). The third-order valence-corrected chi connectivity index (χ3v) is 3.95. The van der Waals surface area contributed by atoms with Crippen molar-refractivity contribution >= 4 is 33.4 Å². The minimum absolute atomic E-state index is 0.0506. The van der Waals surface area contributed by atoms with Crippen LogP contribution in [0, 0.1) is 13.8 Å². The van der Waals surface area contributed by atoms with Gasteiger partial charge >= 0.3 is 0 Å². The lowest BCUT2D eigenvalue weighted by molar-refractivity contribution is -0.123. The highest BCUT2D eigenvalue weighted by Crippen LogP contribution is 2.23. The van der Waals surface area contributed by atoms with E-state index in [2.05, 4.69) is 26.6 Å². The Morgan fingerprint density at radius 1 is 1.00 bits per heavy atom. The highest BCUT2D eigenvalue weighted by molar-refractivity contribution is 9.10. The molecule has 0 aliphatic heterocycles. The fraction of sp³-hybridized carbons (Fsp3) is 0.222. The van der Waals surface area contributed by atoms with Gasteiger partial charge in [-0.2, -0.15) is 0 Å². The van der Waals surface area contributed by atoms with Crippen LogP contribution >= 0.6 is 15.9 Å². The van der Waals surface area contributed by atoms with E-state index in [4.69, 9.17) is 0 Å². The number of halogens is 1. The summed E-state index contributed by atoms with van der Waals surface area (Å²) in [5, 5.41) is 5.40. The van der Waals surface area contributed by atoms with Gasteiger partial charge in [-0.3, -0.25) is 9.59 Å². The summed E-state index contributed by atoms with van der Waals surface area (Å²) >= 11 is 3.40. The third-order valence-electron chi connectivity index (χ3n) is 3.29. The number of nitrogens with one attached hydrogen (secondary N) is 2. The number of amides is 2. The second-order valence-corrected chi connectivity index (χ2v) is 6.33. The Morgan fingerprint density at radius 3 is 2.43 bits per heavy atom. The van der Waals surface area contributed by atoms with E-state index in [1.165, 1.54) is 0 Å². The third kappa shape index (κ3) is 5.53. The fourth-order valence-electron chi connectivity index (χ4n) is 2.16. The van der Waals surface area contributed by atoms with E-state index in [9.17, 15) is 9.59 Å². The summed E-state index contributed by atoms with van der Waals surface area (Å²) in [4.78, 5) is 23.8. The first kappa shape index (κ1) is 17.2. The van der Waals surface area contributed by atoms with Crippen molar-refractivity contribution in [2.45, 2.75) is 20.3 Å². The summed E-state index contributed by atoms with van der Waals surface area (Å²) in [5.74, 6) is -0.430. The Kier molecular flexibility index (Phi) is 5.93. The molecule has 2 rings (SSSR count). The van der Waals surface area contributed by atoms with Crippen molar-refractivity contribution < 1.29 is 9.59 Å². The molecule has 0 radical (unpaired) electrons. The van der Waals surface area contributed by atoms with Gasteiger partial charge in [-0.25, -0.2) is 0 Å². The Balaban J connectivity index is 1.83. The van der Waals surface area contributed by atoms with Gasteiger partial charge in [-0.1, -0.05) is 35.9 Å². The van der Waals surface area contributed by atoms with Crippen LogP contribution in [0.4, 0.5) is 5.69 Å². The average Bonchev–Trinajstić information content (AvgIpc) is 2.48. The van der Waals surface area contributed by atoms with Crippen molar-refractivity contribution in [2.75, 3.05) is 11.9 Å². The molecule has 0 spiro atoms. The highest BCUT2D eigenvalue weighted by Gasteiger charge is 2.08. The number of benzene rings is 2. The first-order valence-electron chi connectivity index (χ1n) is 7.32. The summed E-state index contributed by atoms with van der Waals surface area (Å²) in [6, 6.07) is 13.4. The summed E-state index contributed by atoms with van der Waals surface area (Å²) < 4.78 is 0.817. The molecule has 0 aromatic heterocycles. The van der Waals surface area contributed by atoms with E-state index >= 15 is 0 Å². The van der Waals surface area contributed by atoms with E-state index in [0.717, 1.165) is 21.2 Å². The van der Waals surface area contributed by atoms with Gasteiger partial charge in [0.05, 0.1) is 18.7 Å². The molecule has 2 N–H and O–H groups in total. The van der Waals surface area contributed by atoms with E-state index < -0.39 is 0 Å². The molecule has 2 amide bonds. The second-order valence-electron chi connectivity index (χ2n) is 5.47. The van der Waals surface area contributed by atoms with Crippen molar-refractivity contribution in [3.05, 3.63) is 63.6 Å². The molecule has 0 saturated heterocycles. The Labute approximate surface area is 144 Å². The van der Waals surface area contributed by atoms with Crippen LogP contribution in [-0.4, -0.2) is 18.4 Å². The molecule has 2 aromatic rings. The Morgan fingerprint density at radius 2 is 1.74 bits per heavy atom. The van der Waals surface area contributed by atoms with Gasteiger partial charge < -0.3 is 10.6 Å². The summed E-state index contributed by atoms with van der Waals surface area (Å²) in [6.07, 6.45) is 0.267. The highest BCUT2D eigenvalue weighted by atomic mass is 79.9. The number of carbonyl (C=O) groups excluding carboxylic acids is 2. The van der Waals surface area contributed by atoms with Gasteiger partial charge in [-0.15, -0.1) is 0 Å². The van der Waals surface area contributed by atoms with Crippen LogP contribution in [0.1, 0.15) is 16.7 Å². The zero-order valence-electron chi connectivity index (χ0n) is 13.2. The first-order chi connectivity index (χ1) is 10.9. The minimum Gasteiger partial charge on any atom is -0.347 e. The molecule has 0 fully saturated rings. The van der Waals surface area contributed by atoms with Crippen LogP contribution in [0.3, 0.4) is 0 Å². The lowest BCUT2D eigenvalue weighted by Gasteiger charge is -2.09. The van der Waals surface area contributed by atoms with Crippen molar-refractivity contribution in [3.8, 4) is 0 Å². The maximum Gasteiger partial charge on any atom is 0.243 e. The Hall–Kier alpha value is -2.14. The zero-order valence-corrected chi connectivity index (χ0v) is 14.7. The monoisotopic (exact) mass is 374 g/mol. The van der Waals surface area contributed by atoms with Crippen LogP contribution in [0.2, 0.25) is 0 Å². The number of hydrogen-bond donors (Lipinski definition) is 2. The van der Waals surface area contributed by atoms with E-state index in [0.29, 0.717) is 5.69 Å². The van der Waals surface area contributed by atoms with Crippen LogP contribution in [-0.2, 0) is 16.0 Å². The molecule has 4 nitrogen and oxygen atoms in total.